The van der Waals surface area contributed by atoms with Gasteiger partial charge in [0.25, 0.3) is 0 Å². The SMILES string of the molecule is CCOCCCNC(=NCc1nnc(C)n1C)NCC(=O)NC(C)(C)C. The molecule has 9 heteroatoms. The summed E-state index contributed by atoms with van der Waals surface area (Å²) in [5.41, 5.74) is -0.267. The maximum atomic E-state index is 12.0. The van der Waals surface area contributed by atoms with Crippen molar-refractivity contribution in [2.75, 3.05) is 26.3 Å². The fourth-order valence-corrected chi connectivity index (χ4v) is 2.06. The molecule has 1 aromatic rings. The molecule has 148 valence electrons. The van der Waals surface area contributed by atoms with Crippen molar-refractivity contribution in [2.45, 2.75) is 53.1 Å². The summed E-state index contributed by atoms with van der Waals surface area (Å²) in [6.45, 7) is 12.3. The lowest BCUT2D eigenvalue weighted by Crippen LogP contribution is -2.48. The van der Waals surface area contributed by atoms with Crippen LogP contribution >= 0.6 is 0 Å². The molecule has 1 rings (SSSR count). The number of rotatable bonds is 9. The minimum Gasteiger partial charge on any atom is -0.382 e. The fraction of sp³-hybridized carbons (Fsp3) is 0.765. The van der Waals surface area contributed by atoms with Crippen molar-refractivity contribution in [1.29, 1.82) is 0 Å². The molecular formula is C17H33N7O2. The molecule has 3 N–H and O–H groups in total. The van der Waals surface area contributed by atoms with E-state index in [1.54, 1.807) is 0 Å². The molecule has 26 heavy (non-hydrogen) atoms. The largest absolute Gasteiger partial charge is 0.382 e. The van der Waals surface area contributed by atoms with E-state index < -0.39 is 0 Å². The van der Waals surface area contributed by atoms with Crippen molar-refractivity contribution in [1.82, 2.24) is 30.7 Å². The predicted molar refractivity (Wildman–Crippen MR) is 102 cm³/mol. The van der Waals surface area contributed by atoms with E-state index in [-0.39, 0.29) is 18.0 Å². The number of aryl methyl sites for hydroxylation is 1. The Hall–Kier alpha value is -2.16. The zero-order valence-corrected chi connectivity index (χ0v) is 16.8. The lowest BCUT2D eigenvalue weighted by molar-refractivity contribution is -0.121. The third-order valence-corrected chi connectivity index (χ3v) is 3.45. The summed E-state index contributed by atoms with van der Waals surface area (Å²) in [7, 11) is 1.90. The average molecular weight is 367 g/mol. The minimum atomic E-state index is -0.267. The van der Waals surface area contributed by atoms with Crippen LogP contribution in [0.1, 0.15) is 45.8 Å². The van der Waals surface area contributed by atoms with E-state index in [1.807, 2.05) is 46.2 Å². The maximum Gasteiger partial charge on any atom is 0.239 e. The number of guanidine groups is 1. The van der Waals surface area contributed by atoms with Crippen LogP contribution < -0.4 is 16.0 Å². The van der Waals surface area contributed by atoms with Gasteiger partial charge in [-0.05, 0) is 41.0 Å². The van der Waals surface area contributed by atoms with Gasteiger partial charge >= 0.3 is 0 Å². The highest BCUT2D eigenvalue weighted by Crippen LogP contribution is 1.99. The van der Waals surface area contributed by atoms with Gasteiger partial charge in [0.2, 0.25) is 5.91 Å². The van der Waals surface area contributed by atoms with Gasteiger partial charge in [-0.3, -0.25) is 4.79 Å². The lowest BCUT2D eigenvalue weighted by atomic mass is 10.1. The smallest absolute Gasteiger partial charge is 0.239 e. The molecule has 0 aromatic carbocycles. The van der Waals surface area contributed by atoms with Crippen molar-refractivity contribution in [3.8, 4) is 0 Å². The van der Waals surface area contributed by atoms with Crippen molar-refractivity contribution >= 4 is 11.9 Å². The van der Waals surface area contributed by atoms with Gasteiger partial charge in [-0.25, -0.2) is 4.99 Å². The topological polar surface area (TPSA) is 105 Å². The molecule has 9 nitrogen and oxygen atoms in total. The van der Waals surface area contributed by atoms with Crippen LogP contribution in [0.2, 0.25) is 0 Å². The summed E-state index contributed by atoms with van der Waals surface area (Å²) in [5.74, 6) is 2.07. The van der Waals surface area contributed by atoms with Crippen LogP contribution in [0, 0.1) is 6.92 Å². The Kier molecular flexibility index (Phi) is 9.04. The van der Waals surface area contributed by atoms with E-state index in [9.17, 15) is 4.79 Å². The monoisotopic (exact) mass is 367 g/mol. The lowest BCUT2D eigenvalue weighted by Gasteiger charge is -2.21. The van der Waals surface area contributed by atoms with Gasteiger partial charge in [0.05, 0.1) is 6.54 Å². The van der Waals surface area contributed by atoms with Crippen LogP contribution in [0.4, 0.5) is 0 Å². The second-order valence-electron chi connectivity index (χ2n) is 7.02. The first-order valence-electron chi connectivity index (χ1n) is 8.98. The normalized spacial score (nSPS) is 12.2. The summed E-state index contributed by atoms with van der Waals surface area (Å²) in [4.78, 5) is 16.5. The first-order valence-corrected chi connectivity index (χ1v) is 8.98. The molecule has 0 aliphatic heterocycles. The van der Waals surface area contributed by atoms with E-state index in [0.29, 0.717) is 32.3 Å². The number of hydrogen-bond acceptors (Lipinski definition) is 5. The number of carbonyl (C=O) groups excluding carboxylic acids is 1. The van der Waals surface area contributed by atoms with E-state index in [4.69, 9.17) is 4.74 Å². The van der Waals surface area contributed by atoms with Gasteiger partial charge in [0.1, 0.15) is 12.4 Å². The van der Waals surface area contributed by atoms with Crippen LogP contribution in [-0.2, 0) is 23.1 Å². The van der Waals surface area contributed by atoms with Gasteiger partial charge in [-0.1, -0.05) is 0 Å². The van der Waals surface area contributed by atoms with Crippen LogP contribution in [-0.4, -0.2) is 58.5 Å². The number of amides is 1. The molecule has 0 bridgehead atoms. The van der Waals surface area contributed by atoms with E-state index in [2.05, 4.69) is 31.1 Å². The number of nitrogens with one attached hydrogen (secondary N) is 3. The van der Waals surface area contributed by atoms with Crippen LogP contribution in [0.25, 0.3) is 0 Å². The molecule has 0 saturated carbocycles. The predicted octanol–water partition coefficient (Wildman–Crippen LogP) is 0.500. The molecule has 0 unspecified atom stereocenters. The minimum absolute atomic E-state index is 0.0872. The van der Waals surface area contributed by atoms with Crippen molar-refractivity contribution in [3.63, 3.8) is 0 Å². The van der Waals surface area contributed by atoms with E-state index in [1.165, 1.54) is 0 Å². The summed E-state index contributed by atoms with van der Waals surface area (Å²) in [5, 5.41) is 17.3. The summed E-state index contributed by atoms with van der Waals surface area (Å²) >= 11 is 0. The Morgan fingerprint density at radius 2 is 2.00 bits per heavy atom. The molecule has 0 radical (unpaired) electrons. The van der Waals surface area contributed by atoms with Gasteiger partial charge < -0.3 is 25.3 Å². The first-order chi connectivity index (χ1) is 12.2. The molecule has 0 aliphatic carbocycles. The quantitative estimate of drug-likeness (QED) is 0.333. The molecule has 1 heterocycles. The molecular weight excluding hydrogens is 334 g/mol. The number of ether oxygens (including phenoxy) is 1. The van der Waals surface area contributed by atoms with E-state index >= 15 is 0 Å². The number of aliphatic imine (C=N–C) groups is 1. The van der Waals surface area contributed by atoms with Crippen molar-refractivity contribution in [2.24, 2.45) is 12.0 Å². The highest BCUT2D eigenvalue weighted by Gasteiger charge is 2.14. The maximum absolute atomic E-state index is 12.0. The second-order valence-corrected chi connectivity index (χ2v) is 7.02. The van der Waals surface area contributed by atoms with Crippen LogP contribution in [0.3, 0.4) is 0 Å². The second kappa shape index (κ2) is 10.7. The summed E-state index contributed by atoms with van der Waals surface area (Å²) < 4.78 is 7.22. The van der Waals surface area contributed by atoms with E-state index in [0.717, 1.165) is 18.1 Å². The van der Waals surface area contributed by atoms with Gasteiger partial charge in [0, 0.05) is 32.3 Å². The molecule has 0 spiro atoms. The van der Waals surface area contributed by atoms with Gasteiger partial charge in [-0.15, -0.1) is 10.2 Å². The summed E-state index contributed by atoms with van der Waals surface area (Å²) in [6.07, 6.45) is 0.853. The Labute approximate surface area is 156 Å². The standard InChI is InChI=1S/C17H33N7O2/c1-7-26-10-8-9-18-16(20-12-15(25)21-17(3,4)5)19-11-14-23-22-13(2)24(14)6/h7-12H2,1-6H3,(H,21,25)(H2,18,19,20). The van der Waals surface area contributed by atoms with Gasteiger partial charge in [-0.2, -0.15) is 0 Å². The molecule has 0 fully saturated rings. The molecule has 1 aromatic heterocycles. The number of nitrogens with zero attached hydrogens (tertiary/aromatic N) is 4. The van der Waals surface area contributed by atoms with Crippen LogP contribution in [0.5, 0.6) is 0 Å². The molecule has 0 atom stereocenters. The average Bonchev–Trinajstić information content (AvgIpc) is 2.86. The Balaban J connectivity index is 2.61. The van der Waals surface area contributed by atoms with Crippen molar-refractivity contribution in [3.05, 3.63) is 11.6 Å². The molecule has 0 saturated heterocycles. The molecule has 0 aliphatic rings. The Morgan fingerprint density at radius 3 is 2.58 bits per heavy atom. The van der Waals surface area contributed by atoms with Crippen LogP contribution in [0.15, 0.2) is 4.99 Å². The Bertz CT molecular complexity index is 590. The van der Waals surface area contributed by atoms with Crippen molar-refractivity contribution < 1.29 is 9.53 Å². The highest BCUT2D eigenvalue weighted by molar-refractivity contribution is 5.86. The zero-order chi connectivity index (χ0) is 19.6. The first kappa shape index (κ1) is 21.9. The third-order valence-electron chi connectivity index (χ3n) is 3.45. The number of carbonyl (C=O) groups is 1. The fourth-order valence-electron chi connectivity index (χ4n) is 2.06. The molecule has 1 amide bonds. The summed E-state index contributed by atoms with van der Waals surface area (Å²) in [6, 6.07) is 0. The Morgan fingerprint density at radius 1 is 1.27 bits per heavy atom. The highest BCUT2D eigenvalue weighted by atomic mass is 16.5. The number of aromatic nitrogens is 3. The zero-order valence-electron chi connectivity index (χ0n) is 16.8. The number of hydrogen-bond donors (Lipinski definition) is 3. The van der Waals surface area contributed by atoms with Gasteiger partial charge in [0.15, 0.2) is 11.8 Å². The third kappa shape index (κ3) is 8.80.